The molecule has 0 saturated heterocycles. The lowest BCUT2D eigenvalue weighted by Gasteiger charge is -2.38. The van der Waals surface area contributed by atoms with Gasteiger partial charge in [0.1, 0.15) is 0 Å². The molecule has 3 rings (SSSR count). The van der Waals surface area contributed by atoms with Crippen molar-refractivity contribution >= 4 is 22.1 Å². The summed E-state index contributed by atoms with van der Waals surface area (Å²) in [5, 5.41) is 9.57. The molecule has 0 aliphatic heterocycles. The van der Waals surface area contributed by atoms with Gasteiger partial charge >= 0.3 is 0 Å². The van der Waals surface area contributed by atoms with Gasteiger partial charge < -0.3 is 10.8 Å². The highest BCUT2D eigenvalue weighted by molar-refractivity contribution is 7.88. The van der Waals surface area contributed by atoms with E-state index in [0.29, 0.717) is 12.1 Å². The molecule has 1 saturated carbocycles. The molecule has 0 aromatic heterocycles. The summed E-state index contributed by atoms with van der Waals surface area (Å²) < 4.78 is 28.0. The average Bonchev–Trinajstić information content (AvgIpc) is 3.03. The first-order chi connectivity index (χ1) is 14.7. The standard InChI is InChI=1S/C23H31N3O4S/c1-23-13-17(14-25-2)7-8-19(23)9-10-20(23)15-26(11-12-27)31(29,30)16-18-5-3-4-6-21(18)22(24)28/h3-8,14,20,27H,9-13,15-16H2,1-2H3,(H2,24,28)/b25-14-/t20-,23+/m1/s1. The summed E-state index contributed by atoms with van der Waals surface area (Å²) in [7, 11) is -2.02. The van der Waals surface area contributed by atoms with Gasteiger partial charge in [-0.15, -0.1) is 0 Å². The van der Waals surface area contributed by atoms with Gasteiger partial charge in [-0.2, -0.15) is 4.31 Å². The SMILES string of the molecule is C/N=C\C1=CC=C2CC[C@H](CN(CCO)S(=O)(=O)Cc3ccccc3C(N)=O)[C@@]2(C)C1. The van der Waals surface area contributed by atoms with Crippen LogP contribution in [0.2, 0.25) is 0 Å². The van der Waals surface area contributed by atoms with Crippen LogP contribution in [0.1, 0.15) is 42.1 Å². The summed E-state index contributed by atoms with van der Waals surface area (Å²) in [5.74, 6) is -0.858. The van der Waals surface area contributed by atoms with Gasteiger partial charge in [-0.25, -0.2) is 8.42 Å². The van der Waals surface area contributed by atoms with Crippen LogP contribution >= 0.6 is 0 Å². The number of fused-ring (bicyclic) bond motifs is 1. The minimum atomic E-state index is -3.76. The predicted octanol–water partition coefficient (Wildman–Crippen LogP) is 2.28. The fourth-order valence-electron chi connectivity index (χ4n) is 4.84. The van der Waals surface area contributed by atoms with Crippen molar-refractivity contribution in [1.29, 1.82) is 0 Å². The van der Waals surface area contributed by atoms with E-state index < -0.39 is 15.9 Å². The molecule has 1 aromatic carbocycles. The molecule has 2 atom stereocenters. The molecule has 0 unspecified atom stereocenters. The molecule has 31 heavy (non-hydrogen) atoms. The molecule has 8 heteroatoms. The summed E-state index contributed by atoms with van der Waals surface area (Å²) >= 11 is 0. The van der Waals surface area contributed by atoms with E-state index in [1.165, 1.54) is 15.9 Å². The molecular formula is C23H31N3O4S. The van der Waals surface area contributed by atoms with Gasteiger partial charge in [-0.3, -0.25) is 9.79 Å². The highest BCUT2D eigenvalue weighted by Gasteiger charge is 2.45. The Morgan fingerprint density at radius 2 is 2.10 bits per heavy atom. The van der Waals surface area contributed by atoms with Gasteiger partial charge in [0.15, 0.2) is 0 Å². The van der Waals surface area contributed by atoms with E-state index >= 15 is 0 Å². The first-order valence-electron chi connectivity index (χ1n) is 10.5. The maximum Gasteiger partial charge on any atom is 0.249 e. The van der Waals surface area contributed by atoms with Crippen molar-refractivity contribution in [1.82, 2.24) is 4.31 Å². The maximum atomic E-state index is 13.3. The first kappa shape index (κ1) is 23.4. The molecule has 7 nitrogen and oxygen atoms in total. The average molecular weight is 446 g/mol. The number of nitrogens with two attached hydrogens (primary N) is 1. The number of allylic oxidation sites excluding steroid dienone is 4. The van der Waals surface area contributed by atoms with Crippen LogP contribution in [0, 0.1) is 11.3 Å². The van der Waals surface area contributed by atoms with Gasteiger partial charge in [0.05, 0.1) is 12.4 Å². The highest BCUT2D eigenvalue weighted by atomic mass is 32.2. The Bertz CT molecular complexity index is 1030. The highest BCUT2D eigenvalue weighted by Crippen LogP contribution is 2.53. The Kier molecular flexibility index (Phi) is 7.13. The van der Waals surface area contributed by atoms with E-state index in [2.05, 4.69) is 24.1 Å². The number of carbonyl (C=O) groups excluding carboxylic acids is 1. The molecule has 3 N–H and O–H groups in total. The van der Waals surface area contributed by atoms with Crippen molar-refractivity contribution in [2.75, 3.05) is 26.7 Å². The molecule has 1 fully saturated rings. The molecule has 2 aliphatic carbocycles. The summed E-state index contributed by atoms with van der Waals surface area (Å²) in [4.78, 5) is 15.8. The number of sulfonamides is 1. The van der Waals surface area contributed by atoms with Gasteiger partial charge in [-0.1, -0.05) is 42.8 Å². The molecule has 2 aliphatic rings. The number of benzene rings is 1. The number of aliphatic imine (C=N–C) groups is 1. The van der Waals surface area contributed by atoms with Crippen molar-refractivity contribution in [3.63, 3.8) is 0 Å². The lowest BCUT2D eigenvalue weighted by Crippen LogP contribution is -2.42. The number of primary amides is 1. The minimum absolute atomic E-state index is 0.0197. The summed E-state index contributed by atoms with van der Waals surface area (Å²) in [5.41, 5.74) is 8.33. The van der Waals surface area contributed by atoms with Gasteiger partial charge in [0.2, 0.25) is 15.9 Å². The quantitative estimate of drug-likeness (QED) is 0.568. The number of hydrogen-bond acceptors (Lipinski definition) is 5. The van der Waals surface area contributed by atoms with E-state index in [-0.39, 0.29) is 35.8 Å². The monoisotopic (exact) mass is 445 g/mol. The molecule has 0 radical (unpaired) electrons. The molecule has 1 amide bonds. The Labute approximate surface area is 184 Å². The van der Waals surface area contributed by atoms with Crippen molar-refractivity contribution < 1.29 is 18.3 Å². The number of hydrogen-bond donors (Lipinski definition) is 2. The number of amides is 1. The van der Waals surface area contributed by atoms with Crippen LogP contribution in [0.15, 0.2) is 52.6 Å². The fourth-order valence-corrected chi connectivity index (χ4v) is 6.44. The minimum Gasteiger partial charge on any atom is -0.395 e. The largest absolute Gasteiger partial charge is 0.395 e. The van der Waals surface area contributed by atoms with Gasteiger partial charge in [0.25, 0.3) is 0 Å². The van der Waals surface area contributed by atoms with Crippen LogP contribution in [0.3, 0.4) is 0 Å². The second-order valence-corrected chi connectivity index (χ2v) is 10.5. The number of aliphatic hydroxyl groups excluding tert-OH is 1. The van der Waals surface area contributed by atoms with Crippen LogP contribution < -0.4 is 5.73 Å². The third-order valence-electron chi connectivity index (χ3n) is 6.55. The zero-order valence-electron chi connectivity index (χ0n) is 18.1. The van der Waals surface area contributed by atoms with Crippen molar-refractivity contribution in [2.24, 2.45) is 22.1 Å². The normalized spacial score (nSPS) is 23.7. The molecule has 0 bridgehead atoms. The maximum absolute atomic E-state index is 13.3. The van der Waals surface area contributed by atoms with Crippen molar-refractivity contribution in [2.45, 2.75) is 31.9 Å². The summed E-state index contributed by atoms with van der Waals surface area (Å²) in [6, 6.07) is 6.48. The van der Waals surface area contributed by atoms with Gasteiger partial charge in [0, 0.05) is 31.9 Å². The second-order valence-electron chi connectivity index (χ2n) is 8.51. The first-order valence-corrected chi connectivity index (χ1v) is 12.1. The molecule has 0 spiro atoms. The molecule has 0 heterocycles. The number of carbonyl (C=O) groups is 1. The Morgan fingerprint density at radius 1 is 1.35 bits per heavy atom. The summed E-state index contributed by atoms with van der Waals surface area (Å²) in [6.07, 6.45) is 8.74. The zero-order valence-corrected chi connectivity index (χ0v) is 18.9. The Balaban J connectivity index is 1.84. The zero-order chi connectivity index (χ0) is 22.6. The summed E-state index contributed by atoms with van der Waals surface area (Å²) in [6.45, 7) is 2.27. The topological polar surface area (TPSA) is 113 Å². The number of aliphatic hydroxyl groups is 1. The van der Waals surface area contributed by atoms with E-state index in [1.54, 1.807) is 25.2 Å². The van der Waals surface area contributed by atoms with E-state index in [1.807, 2.05) is 6.21 Å². The smallest absolute Gasteiger partial charge is 0.249 e. The van der Waals surface area contributed by atoms with Crippen molar-refractivity contribution in [3.05, 3.63) is 58.7 Å². The van der Waals surface area contributed by atoms with E-state index in [9.17, 15) is 18.3 Å². The lowest BCUT2D eigenvalue weighted by atomic mass is 9.70. The van der Waals surface area contributed by atoms with E-state index in [0.717, 1.165) is 24.8 Å². The molecular weight excluding hydrogens is 414 g/mol. The Hall–Kier alpha value is -2.29. The van der Waals surface area contributed by atoms with Crippen LogP contribution in [-0.4, -0.2) is 56.7 Å². The predicted molar refractivity (Wildman–Crippen MR) is 122 cm³/mol. The Morgan fingerprint density at radius 3 is 2.77 bits per heavy atom. The molecule has 1 aromatic rings. The van der Waals surface area contributed by atoms with Crippen LogP contribution in [-0.2, 0) is 15.8 Å². The molecule has 168 valence electrons. The number of nitrogens with zero attached hydrogens (tertiary/aromatic N) is 2. The van der Waals surface area contributed by atoms with Crippen LogP contribution in [0.5, 0.6) is 0 Å². The van der Waals surface area contributed by atoms with E-state index in [4.69, 9.17) is 5.73 Å². The van der Waals surface area contributed by atoms with Crippen LogP contribution in [0.4, 0.5) is 0 Å². The van der Waals surface area contributed by atoms with Gasteiger partial charge in [-0.05, 0) is 47.8 Å². The third kappa shape index (κ3) is 4.97. The lowest BCUT2D eigenvalue weighted by molar-refractivity contribution is 0.0999. The van der Waals surface area contributed by atoms with Crippen LogP contribution in [0.25, 0.3) is 0 Å². The van der Waals surface area contributed by atoms with Crippen molar-refractivity contribution in [3.8, 4) is 0 Å². The third-order valence-corrected chi connectivity index (χ3v) is 8.34. The fraction of sp³-hybridized carbons (Fsp3) is 0.478. The number of rotatable bonds is 9. The second kappa shape index (κ2) is 9.46.